The van der Waals surface area contributed by atoms with Crippen molar-refractivity contribution >= 4 is 11.9 Å². The molecule has 1 N–H and O–H groups in total. The predicted octanol–water partition coefficient (Wildman–Crippen LogP) is 1.69. The number of rotatable bonds is 5. The number of hydrogen-bond acceptors (Lipinski definition) is 4. The second-order valence-corrected chi connectivity index (χ2v) is 4.15. The van der Waals surface area contributed by atoms with Gasteiger partial charge in [0.25, 0.3) is 5.91 Å². The Balaban J connectivity index is 2.83. The minimum Gasteiger partial charge on any atom is -0.496 e. The quantitative estimate of drug-likeness (QED) is 0.823. The molecule has 5 nitrogen and oxygen atoms in total. The van der Waals surface area contributed by atoms with Crippen molar-refractivity contribution in [3.05, 3.63) is 29.3 Å². The largest absolute Gasteiger partial charge is 0.496 e. The topological polar surface area (TPSA) is 64.6 Å². The SMILES string of the molecule is CCOC(=O)C(C)NC(=O)c1cc(C)ccc1OC. The Kier molecular flexibility index (Phi) is 5.36. The number of benzene rings is 1. The molecule has 5 heteroatoms. The van der Waals surface area contributed by atoms with Crippen molar-refractivity contribution in [2.24, 2.45) is 0 Å². The number of amides is 1. The Bertz CT molecular complexity index is 471. The molecule has 0 heterocycles. The van der Waals surface area contributed by atoms with Gasteiger partial charge in [-0.2, -0.15) is 0 Å². The van der Waals surface area contributed by atoms with Crippen LogP contribution in [0.25, 0.3) is 0 Å². The predicted molar refractivity (Wildman–Crippen MR) is 71.3 cm³/mol. The maximum atomic E-state index is 12.1. The Morgan fingerprint density at radius 2 is 2.05 bits per heavy atom. The fraction of sp³-hybridized carbons (Fsp3) is 0.429. The molecule has 0 aliphatic rings. The number of aryl methyl sites for hydroxylation is 1. The number of carbonyl (C=O) groups excluding carboxylic acids is 2. The Hall–Kier alpha value is -2.04. The summed E-state index contributed by atoms with van der Waals surface area (Å²) in [5.74, 6) is -0.345. The summed E-state index contributed by atoms with van der Waals surface area (Å²) in [6.07, 6.45) is 0. The van der Waals surface area contributed by atoms with Gasteiger partial charge in [0.2, 0.25) is 0 Å². The maximum Gasteiger partial charge on any atom is 0.328 e. The van der Waals surface area contributed by atoms with E-state index in [9.17, 15) is 9.59 Å². The molecule has 0 aromatic heterocycles. The summed E-state index contributed by atoms with van der Waals surface area (Å²) in [6, 6.07) is 4.59. The second kappa shape index (κ2) is 6.78. The highest BCUT2D eigenvalue weighted by Gasteiger charge is 2.19. The molecule has 1 atom stereocenters. The molecule has 19 heavy (non-hydrogen) atoms. The lowest BCUT2D eigenvalue weighted by Crippen LogP contribution is -2.39. The molecule has 1 amide bonds. The molecule has 104 valence electrons. The van der Waals surface area contributed by atoms with E-state index in [1.165, 1.54) is 7.11 Å². The molecule has 1 aromatic carbocycles. The fourth-order valence-corrected chi connectivity index (χ4v) is 1.60. The van der Waals surface area contributed by atoms with Gasteiger partial charge in [-0.15, -0.1) is 0 Å². The number of hydrogen-bond donors (Lipinski definition) is 1. The van der Waals surface area contributed by atoms with E-state index in [0.717, 1.165) is 5.56 Å². The van der Waals surface area contributed by atoms with Gasteiger partial charge in [0.15, 0.2) is 0 Å². The average molecular weight is 265 g/mol. The molecular weight excluding hydrogens is 246 g/mol. The number of nitrogens with one attached hydrogen (secondary N) is 1. The van der Waals surface area contributed by atoms with Crippen LogP contribution in [-0.2, 0) is 9.53 Å². The van der Waals surface area contributed by atoms with Gasteiger partial charge in [-0.1, -0.05) is 11.6 Å². The van der Waals surface area contributed by atoms with Gasteiger partial charge in [0.05, 0.1) is 19.3 Å². The van der Waals surface area contributed by atoms with E-state index in [1.54, 1.807) is 26.0 Å². The van der Waals surface area contributed by atoms with Crippen LogP contribution in [0, 0.1) is 6.92 Å². The lowest BCUT2D eigenvalue weighted by Gasteiger charge is -2.14. The van der Waals surface area contributed by atoms with Crippen LogP contribution in [0.2, 0.25) is 0 Å². The zero-order chi connectivity index (χ0) is 14.4. The van der Waals surface area contributed by atoms with Gasteiger partial charge in [0, 0.05) is 0 Å². The Morgan fingerprint density at radius 3 is 2.63 bits per heavy atom. The van der Waals surface area contributed by atoms with Crippen molar-refractivity contribution in [2.75, 3.05) is 13.7 Å². The first kappa shape index (κ1) is 15.0. The van der Waals surface area contributed by atoms with Crippen molar-refractivity contribution < 1.29 is 19.1 Å². The first-order chi connectivity index (χ1) is 8.99. The van der Waals surface area contributed by atoms with E-state index < -0.39 is 12.0 Å². The third-order valence-electron chi connectivity index (χ3n) is 2.59. The number of carbonyl (C=O) groups is 2. The number of esters is 1. The summed E-state index contributed by atoms with van der Waals surface area (Å²) >= 11 is 0. The van der Waals surface area contributed by atoms with Crippen LogP contribution in [0.5, 0.6) is 5.75 Å². The van der Waals surface area contributed by atoms with E-state index in [-0.39, 0.29) is 12.5 Å². The molecule has 1 unspecified atom stereocenters. The molecule has 1 aromatic rings. The molecule has 0 aliphatic heterocycles. The highest BCUT2D eigenvalue weighted by molar-refractivity contribution is 5.99. The summed E-state index contributed by atoms with van der Waals surface area (Å²) in [4.78, 5) is 23.6. The van der Waals surface area contributed by atoms with Crippen LogP contribution in [-0.4, -0.2) is 31.6 Å². The monoisotopic (exact) mass is 265 g/mol. The summed E-state index contributed by atoms with van der Waals surface area (Å²) in [6.45, 7) is 5.46. The molecule has 0 saturated heterocycles. The zero-order valence-electron chi connectivity index (χ0n) is 11.6. The Labute approximate surface area is 112 Å². The maximum absolute atomic E-state index is 12.1. The fourth-order valence-electron chi connectivity index (χ4n) is 1.60. The lowest BCUT2D eigenvalue weighted by atomic mass is 10.1. The van der Waals surface area contributed by atoms with Crippen LogP contribution in [0.4, 0.5) is 0 Å². The highest BCUT2D eigenvalue weighted by Crippen LogP contribution is 2.19. The van der Waals surface area contributed by atoms with Crippen molar-refractivity contribution in [1.29, 1.82) is 0 Å². The van der Waals surface area contributed by atoms with Crippen LogP contribution in [0.3, 0.4) is 0 Å². The molecule has 0 aliphatic carbocycles. The molecule has 0 spiro atoms. The standard InChI is InChI=1S/C14H19NO4/c1-5-19-14(17)10(3)15-13(16)11-8-9(2)6-7-12(11)18-4/h6-8,10H,5H2,1-4H3,(H,15,16). The average Bonchev–Trinajstić information content (AvgIpc) is 2.38. The van der Waals surface area contributed by atoms with Gasteiger partial charge in [-0.3, -0.25) is 4.79 Å². The summed E-state index contributed by atoms with van der Waals surface area (Å²) in [5, 5.41) is 2.59. The number of methoxy groups -OCH3 is 1. The van der Waals surface area contributed by atoms with E-state index in [1.807, 2.05) is 13.0 Å². The molecule has 1 rings (SSSR count). The van der Waals surface area contributed by atoms with E-state index in [0.29, 0.717) is 11.3 Å². The lowest BCUT2D eigenvalue weighted by molar-refractivity contribution is -0.144. The third-order valence-corrected chi connectivity index (χ3v) is 2.59. The summed E-state index contributed by atoms with van der Waals surface area (Å²) in [7, 11) is 1.50. The second-order valence-electron chi connectivity index (χ2n) is 4.15. The first-order valence-corrected chi connectivity index (χ1v) is 6.11. The minimum atomic E-state index is -0.697. The minimum absolute atomic E-state index is 0.285. The van der Waals surface area contributed by atoms with Crippen LogP contribution < -0.4 is 10.1 Å². The van der Waals surface area contributed by atoms with Gasteiger partial charge < -0.3 is 14.8 Å². The molecule has 0 radical (unpaired) electrons. The highest BCUT2D eigenvalue weighted by atomic mass is 16.5. The van der Waals surface area contributed by atoms with Gasteiger partial charge >= 0.3 is 5.97 Å². The van der Waals surface area contributed by atoms with E-state index >= 15 is 0 Å². The summed E-state index contributed by atoms with van der Waals surface area (Å²) < 4.78 is 9.97. The van der Waals surface area contributed by atoms with Crippen LogP contribution in [0.15, 0.2) is 18.2 Å². The van der Waals surface area contributed by atoms with Crippen molar-refractivity contribution in [3.63, 3.8) is 0 Å². The molecule has 0 saturated carbocycles. The van der Waals surface area contributed by atoms with Crippen molar-refractivity contribution in [1.82, 2.24) is 5.32 Å². The van der Waals surface area contributed by atoms with Gasteiger partial charge in [-0.05, 0) is 32.9 Å². The zero-order valence-corrected chi connectivity index (χ0v) is 11.6. The van der Waals surface area contributed by atoms with E-state index in [4.69, 9.17) is 9.47 Å². The Morgan fingerprint density at radius 1 is 1.37 bits per heavy atom. The van der Waals surface area contributed by atoms with Gasteiger partial charge in [0.1, 0.15) is 11.8 Å². The smallest absolute Gasteiger partial charge is 0.328 e. The van der Waals surface area contributed by atoms with Crippen molar-refractivity contribution in [2.45, 2.75) is 26.8 Å². The van der Waals surface area contributed by atoms with Crippen LogP contribution >= 0.6 is 0 Å². The third kappa shape index (κ3) is 3.98. The normalized spacial score (nSPS) is 11.6. The molecule has 0 fully saturated rings. The molecular formula is C14H19NO4. The number of ether oxygens (including phenoxy) is 2. The first-order valence-electron chi connectivity index (χ1n) is 6.11. The van der Waals surface area contributed by atoms with Crippen molar-refractivity contribution in [3.8, 4) is 5.75 Å². The molecule has 0 bridgehead atoms. The van der Waals surface area contributed by atoms with Crippen LogP contribution in [0.1, 0.15) is 29.8 Å². The van der Waals surface area contributed by atoms with Gasteiger partial charge in [-0.25, -0.2) is 4.79 Å². The van der Waals surface area contributed by atoms with E-state index in [2.05, 4.69) is 5.32 Å². The summed E-state index contributed by atoms with van der Waals surface area (Å²) in [5.41, 5.74) is 1.34.